The third kappa shape index (κ3) is 1.06. The quantitative estimate of drug-likeness (QED) is 0.663. The molecule has 0 aliphatic heterocycles. The second kappa shape index (κ2) is 2.17. The van der Waals surface area contributed by atoms with Crippen molar-refractivity contribution in [2.45, 2.75) is 58.5 Å². The van der Waals surface area contributed by atoms with Crippen molar-refractivity contribution in [3.05, 3.63) is 0 Å². The van der Waals surface area contributed by atoms with Gasteiger partial charge in [0, 0.05) is 10.8 Å². The topological polar surface area (TPSA) is 37.3 Å². The first-order chi connectivity index (χ1) is 6.69. The summed E-state index contributed by atoms with van der Waals surface area (Å²) in [5, 5.41) is 10.6. The van der Waals surface area contributed by atoms with E-state index in [1.165, 1.54) is 0 Å². The highest BCUT2D eigenvalue weighted by atomic mass is 16.3. The summed E-state index contributed by atoms with van der Waals surface area (Å²) in [4.78, 5) is 12.4. The molecule has 0 spiro atoms. The number of aliphatic hydroxyl groups is 1. The Bertz CT molecular complexity index is 312. The Morgan fingerprint density at radius 2 is 1.40 bits per heavy atom. The van der Waals surface area contributed by atoms with E-state index in [0.29, 0.717) is 18.6 Å². The van der Waals surface area contributed by atoms with Crippen LogP contribution in [0.2, 0.25) is 0 Å². The average molecular weight is 208 g/mol. The average Bonchev–Trinajstić information content (AvgIpc) is 1.93. The molecule has 0 aromatic heterocycles. The number of rotatable bonds is 0. The molecule has 0 amide bonds. The Morgan fingerprint density at radius 1 is 0.933 bits per heavy atom. The molecular weight excluding hydrogens is 188 g/mol. The van der Waals surface area contributed by atoms with Crippen LogP contribution in [0.4, 0.5) is 0 Å². The molecule has 4 fully saturated rings. The number of carbonyl (C=O) groups is 1. The molecule has 2 unspecified atom stereocenters. The lowest BCUT2D eigenvalue weighted by Crippen LogP contribution is -2.66. The first-order valence-electron chi connectivity index (χ1n) is 5.96. The fourth-order valence-electron chi connectivity index (χ4n) is 5.68. The molecule has 4 aliphatic rings. The van der Waals surface area contributed by atoms with E-state index in [1.807, 2.05) is 0 Å². The van der Waals surface area contributed by atoms with Gasteiger partial charge in [0.25, 0.3) is 0 Å². The van der Waals surface area contributed by atoms with Crippen molar-refractivity contribution in [1.82, 2.24) is 0 Å². The molecule has 84 valence electrons. The van der Waals surface area contributed by atoms with Gasteiger partial charge in [-0.15, -0.1) is 0 Å². The molecule has 4 rings (SSSR count). The van der Waals surface area contributed by atoms with Crippen LogP contribution in [0, 0.1) is 16.2 Å². The van der Waals surface area contributed by atoms with Gasteiger partial charge in [-0.2, -0.15) is 0 Å². The van der Waals surface area contributed by atoms with Gasteiger partial charge < -0.3 is 5.11 Å². The summed E-state index contributed by atoms with van der Waals surface area (Å²) in [6, 6.07) is 0. The van der Waals surface area contributed by atoms with Gasteiger partial charge in [0.2, 0.25) is 0 Å². The van der Waals surface area contributed by atoms with Gasteiger partial charge in [-0.25, -0.2) is 0 Å². The molecular formula is C13H20O2. The van der Waals surface area contributed by atoms with Crippen molar-refractivity contribution >= 4 is 5.78 Å². The number of carbonyl (C=O) groups excluding carboxylic acids is 1. The lowest BCUT2D eigenvalue weighted by molar-refractivity contribution is -0.212. The van der Waals surface area contributed by atoms with Gasteiger partial charge in [0.15, 0.2) is 0 Å². The van der Waals surface area contributed by atoms with E-state index in [1.54, 1.807) is 0 Å². The summed E-state index contributed by atoms with van der Waals surface area (Å²) in [5.41, 5.74) is -0.842. The molecule has 2 nitrogen and oxygen atoms in total. The number of ketones is 1. The van der Waals surface area contributed by atoms with Gasteiger partial charge in [0.1, 0.15) is 5.78 Å². The van der Waals surface area contributed by atoms with Crippen LogP contribution in [0.1, 0.15) is 52.9 Å². The lowest BCUT2D eigenvalue weighted by atomic mass is 9.39. The van der Waals surface area contributed by atoms with E-state index < -0.39 is 5.60 Å². The zero-order chi connectivity index (χ0) is 11.1. The third-order valence-electron chi connectivity index (χ3n) is 4.92. The molecule has 4 saturated carbocycles. The van der Waals surface area contributed by atoms with Crippen molar-refractivity contribution in [2.75, 3.05) is 0 Å². The molecule has 4 aliphatic carbocycles. The van der Waals surface area contributed by atoms with Crippen molar-refractivity contribution in [3.8, 4) is 0 Å². The highest BCUT2D eigenvalue weighted by molar-refractivity contribution is 5.92. The molecule has 0 aromatic rings. The summed E-state index contributed by atoms with van der Waals surface area (Å²) in [5.74, 6) is 0.414. The van der Waals surface area contributed by atoms with E-state index >= 15 is 0 Å². The van der Waals surface area contributed by atoms with E-state index in [2.05, 4.69) is 20.8 Å². The highest BCUT2D eigenvalue weighted by Gasteiger charge is 2.68. The second-order valence-electron chi connectivity index (χ2n) is 7.37. The van der Waals surface area contributed by atoms with Crippen LogP contribution < -0.4 is 0 Å². The van der Waals surface area contributed by atoms with Crippen LogP contribution in [-0.4, -0.2) is 16.5 Å². The summed E-state index contributed by atoms with van der Waals surface area (Å²) in [7, 11) is 0. The fraction of sp³-hybridized carbons (Fsp3) is 0.923. The monoisotopic (exact) mass is 208 g/mol. The molecule has 0 radical (unpaired) electrons. The van der Waals surface area contributed by atoms with E-state index in [9.17, 15) is 9.90 Å². The van der Waals surface area contributed by atoms with Crippen molar-refractivity contribution in [1.29, 1.82) is 0 Å². The Kier molecular flexibility index (Phi) is 1.42. The standard InChI is InChI=1S/C13H20O2/c1-10-4-11(2)7-13(15,6-10)8-12(3,5-10)9(11)14/h15H,4-8H2,1-3H3. The fourth-order valence-corrected chi connectivity index (χ4v) is 5.68. The Hall–Kier alpha value is -0.370. The minimum atomic E-state index is -0.553. The predicted molar refractivity (Wildman–Crippen MR) is 57.4 cm³/mol. The number of hydrogen-bond acceptors (Lipinski definition) is 2. The molecule has 2 heteroatoms. The molecule has 0 heterocycles. The van der Waals surface area contributed by atoms with Gasteiger partial charge >= 0.3 is 0 Å². The largest absolute Gasteiger partial charge is 0.390 e. The number of Topliss-reactive ketones (excluding diaryl/α,β-unsaturated/α-hetero) is 1. The maximum absolute atomic E-state index is 12.4. The summed E-state index contributed by atoms with van der Waals surface area (Å²) >= 11 is 0. The van der Waals surface area contributed by atoms with Gasteiger partial charge in [-0.05, 0) is 37.5 Å². The van der Waals surface area contributed by atoms with E-state index in [-0.39, 0.29) is 16.2 Å². The Morgan fingerprint density at radius 3 is 1.80 bits per heavy atom. The predicted octanol–water partition coefficient (Wildman–Crippen LogP) is 2.30. The van der Waals surface area contributed by atoms with E-state index in [0.717, 1.165) is 19.3 Å². The summed E-state index contributed by atoms with van der Waals surface area (Å²) in [6.45, 7) is 6.38. The molecule has 0 saturated heterocycles. The summed E-state index contributed by atoms with van der Waals surface area (Å²) < 4.78 is 0. The first-order valence-corrected chi connectivity index (χ1v) is 5.96. The molecule has 0 aromatic carbocycles. The van der Waals surface area contributed by atoms with Gasteiger partial charge in [0.05, 0.1) is 5.60 Å². The van der Waals surface area contributed by atoms with Gasteiger partial charge in [-0.3, -0.25) is 4.79 Å². The maximum Gasteiger partial charge on any atom is 0.144 e. The minimum Gasteiger partial charge on any atom is -0.390 e. The lowest BCUT2D eigenvalue weighted by Gasteiger charge is -2.66. The van der Waals surface area contributed by atoms with Crippen LogP contribution in [0.5, 0.6) is 0 Å². The third-order valence-corrected chi connectivity index (χ3v) is 4.92. The Labute approximate surface area is 91.1 Å². The summed E-state index contributed by atoms with van der Waals surface area (Å²) in [6.07, 6.45) is 4.26. The zero-order valence-corrected chi connectivity index (χ0v) is 9.89. The molecule has 2 atom stereocenters. The molecule has 4 bridgehead atoms. The first kappa shape index (κ1) is 9.83. The zero-order valence-electron chi connectivity index (χ0n) is 9.89. The van der Waals surface area contributed by atoms with Crippen LogP contribution in [0.15, 0.2) is 0 Å². The Balaban J connectivity index is 2.16. The smallest absolute Gasteiger partial charge is 0.144 e. The van der Waals surface area contributed by atoms with Crippen LogP contribution in [0.3, 0.4) is 0 Å². The normalized spacial score (nSPS) is 62.5. The van der Waals surface area contributed by atoms with Crippen molar-refractivity contribution < 1.29 is 9.90 Å². The van der Waals surface area contributed by atoms with E-state index in [4.69, 9.17) is 0 Å². The number of hydrogen-bond donors (Lipinski definition) is 1. The van der Waals surface area contributed by atoms with Crippen LogP contribution in [0.25, 0.3) is 0 Å². The SMILES string of the molecule is CC12CC3(O)CC(C)(C1)C(=O)C(C)(C2)C3. The van der Waals surface area contributed by atoms with Gasteiger partial charge in [-0.1, -0.05) is 20.8 Å². The second-order valence-corrected chi connectivity index (χ2v) is 7.37. The van der Waals surface area contributed by atoms with Crippen molar-refractivity contribution in [3.63, 3.8) is 0 Å². The highest BCUT2D eigenvalue weighted by Crippen LogP contribution is 2.68. The van der Waals surface area contributed by atoms with Crippen LogP contribution in [-0.2, 0) is 4.79 Å². The molecule has 1 N–H and O–H groups in total. The van der Waals surface area contributed by atoms with Crippen molar-refractivity contribution in [2.24, 2.45) is 16.2 Å². The maximum atomic E-state index is 12.4. The molecule has 15 heavy (non-hydrogen) atoms. The minimum absolute atomic E-state index is 0.197. The van der Waals surface area contributed by atoms with Crippen LogP contribution >= 0.6 is 0 Å².